The number of rotatable bonds is 5. The van der Waals surface area contributed by atoms with Gasteiger partial charge in [-0.3, -0.25) is 0 Å². The highest BCUT2D eigenvalue weighted by atomic mass is 19.1. The highest BCUT2D eigenvalue weighted by Crippen LogP contribution is 2.12. The summed E-state index contributed by atoms with van der Waals surface area (Å²) in [5, 5.41) is 3.16. The van der Waals surface area contributed by atoms with Gasteiger partial charge in [0.05, 0.1) is 6.61 Å². The molecule has 1 aliphatic heterocycles. The van der Waals surface area contributed by atoms with Crippen molar-refractivity contribution in [3.8, 4) is 0 Å². The quantitative estimate of drug-likeness (QED) is 0.588. The molecule has 0 saturated carbocycles. The van der Waals surface area contributed by atoms with Crippen LogP contribution in [0.3, 0.4) is 0 Å². The van der Waals surface area contributed by atoms with Crippen LogP contribution in [0, 0.1) is 5.82 Å². The van der Waals surface area contributed by atoms with Gasteiger partial charge >= 0.3 is 7.12 Å². The van der Waals surface area contributed by atoms with E-state index in [4.69, 9.17) is 9.31 Å². The Morgan fingerprint density at radius 3 is 3.25 bits per heavy atom. The Hall–Kier alpha value is -0.905. The fourth-order valence-corrected chi connectivity index (χ4v) is 1.74. The van der Waals surface area contributed by atoms with E-state index in [0.29, 0.717) is 13.2 Å². The van der Waals surface area contributed by atoms with Gasteiger partial charge in [-0.05, 0) is 29.7 Å². The number of hydrogen-bond acceptors (Lipinski definition) is 3. The first kappa shape index (κ1) is 11.6. The lowest BCUT2D eigenvalue weighted by atomic mass is 9.79. The molecule has 5 heteroatoms. The predicted octanol–water partition coefficient (Wildman–Crippen LogP) is 0.677. The summed E-state index contributed by atoms with van der Waals surface area (Å²) in [4.78, 5) is 0. The number of halogens is 1. The van der Waals surface area contributed by atoms with E-state index in [-0.39, 0.29) is 12.9 Å². The lowest BCUT2D eigenvalue weighted by Gasteiger charge is -2.08. The molecule has 0 aromatic heterocycles. The molecule has 0 atom stereocenters. The second-order valence-electron chi connectivity index (χ2n) is 3.71. The van der Waals surface area contributed by atoms with Crippen molar-refractivity contribution in [2.24, 2.45) is 0 Å². The summed E-state index contributed by atoms with van der Waals surface area (Å²) in [7, 11) is -0.339. The lowest BCUT2D eigenvalue weighted by Crippen LogP contribution is -2.34. The number of benzene rings is 1. The third-order valence-electron chi connectivity index (χ3n) is 2.55. The van der Waals surface area contributed by atoms with E-state index in [9.17, 15) is 4.39 Å². The van der Waals surface area contributed by atoms with Crippen LogP contribution in [0.1, 0.15) is 12.5 Å². The molecule has 86 valence electrons. The Morgan fingerprint density at radius 1 is 1.56 bits per heavy atom. The molecule has 0 fully saturated rings. The largest absolute Gasteiger partial charge is 0.494 e. The van der Waals surface area contributed by atoms with E-state index in [1.165, 1.54) is 12.1 Å². The van der Waals surface area contributed by atoms with Gasteiger partial charge in [-0.25, -0.2) is 4.39 Å². The maximum absolute atomic E-state index is 12.9. The van der Waals surface area contributed by atoms with Gasteiger partial charge in [-0.2, -0.15) is 0 Å². The van der Waals surface area contributed by atoms with Crippen molar-refractivity contribution in [1.82, 2.24) is 5.32 Å². The van der Waals surface area contributed by atoms with Gasteiger partial charge in [-0.15, -0.1) is 0 Å². The summed E-state index contributed by atoms with van der Waals surface area (Å²) in [6.45, 7) is 4.79. The monoisotopic (exact) mass is 223 g/mol. The van der Waals surface area contributed by atoms with Crippen LogP contribution in [0.2, 0.25) is 0 Å². The normalized spacial score (nSPS) is 14.2. The van der Waals surface area contributed by atoms with Gasteiger partial charge in [0.25, 0.3) is 0 Å². The predicted molar refractivity (Wildman–Crippen MR) is 61.1 cm³/mol. The van der Waals surface area contributed by atoms with Crippen molar-refractivity contribution in [3.05, 3.63) is 29.6 Å². The number of hydrogen-bond donors (Lipinski definition) is 1. The van der Waals surface area contributed by atoms with Gasteiger partial charge in [0.1, 0.15) is 5.82 Å². The highest BCUT2D eigenvalue weighted by Gasteiger charge is 2.30. The minimum Gasteiger partial charge on any atom is -0.406 e. The van der Waals surface area contributed by atoms with Crippen molar-refractivity contribution in [3.63, 3.8) is 0 Å². The third kappa shape index (κ3) is 2.61. The first-order valence-electron chi connectivity index (χ1n) is 5.53. The Balaban J connectivity index is 1.91. The zero-order valence-electron chi connectivity index (χ0n) is 9.33. The molecule has 0 spiro atoms. The summed E-state index contributed by atoms with van der Waals surface area (Å²) >= 11 is 0. The minimum absolute atomic E-state index is 0.226. The van der Waals surface area contributed by atoms with E-state index in [1.807, 2.05) is 6.92 Å². The van der Waals surface area contributed by atoms with E-state index in [0.717, 1.165) is 24.1 Å². The van der Waals surface area contributed by atoms with Crippen molar-refractivity contribution in [2.45, 2.75) is 13.5 Å². The van der Waals surface area contributed by atoms with Crippen LogP contribution in [0.5, 0.6) is 0 Å². The van der Waals surface area contributed by atoms with E-state index in [1.54, 1.807) is 6.07 Å². The van der Waals surface area contributed by atoms with Gasteiger partial charge in [0.15, 0.2) is 0 Å². The number of likely N-dealkylation sites (N-methyl/N-ethyl adjacent to an activating group) is 1. The Labute approximate surface area is 95.1 Å². The molecule has 3 nitrogen and oxygen atoms in total. The van der Waals surface area contributed by atoms with Crippen molar-refractivity contribution in [2.75, 3.05) is 19.7 Å². The molecule has 0 unspecified atom stereocenters. The van der Waals surface area contributed by atoms with Gasteiger partial charge in [0.2, 0.25) is 0 Å². The van der Waals surface area contributed by atoms with Crippen LogP contribution in [0.4, 0.5) is 4.39 Å². The smallest absolute Gasteiger partial charge is 0.406 e. The molecule has 0 amide bonds. The average molecular weight is 223 g/mol. The first-order chi connectivity index (χ1) is 7.81. The second kappa shape index (κ2) is 5.43. The van der Waals surface area contributed by atoms with Crippen LogP contribution in [0.15, 0.2) is 18.2 Å². The molecule has 1 heterocycles. The maximum atomic E-state index is 12.9. The molecule has 1 N–H and O–H groups in total. The van der Waals surface area contributed by atoms with E-state index in [2.05, 4.69) is 5.32 Å². The standard InChI is InChI=1S/C11H15BFNO2/c1-2-14-5-6-15-12-11-4-3-10(13)7-9(11)8-16-12/h3-4,7,14H,2,5-6,8H2,1H3. The lowest BCUT2D eigenvalue weighted by molar-refractivity contribution is 0.212. The minimum atomic E-state index is -0.339. The van der Waals surface area contributed by atoms with Gasteiger partial charge < -0.3 is 14.6 Å². The SMILES string of the molecule is CCNCCOB1OCc2cc(F)ccc21. The summed E-state index contributed by atoms with van der Waals surface area (Å²) in [6, 6.07) is 4.67. The fourth-order valence-electron chi connectivity index (χ4n) is 1.74. The molecule has 0 radical (unpaired) electrons. The first-order valence-corrected chi connectivity index (χ1v) is 5.53. The van der Waals surface area contributed by atoms with Crippen molar-refractivity contribution < 1.29 is 13.7 Å². The summed E-state index contributed by atoms with van der Waals surface area (Å²) in [5.74, 6) is -0.226. The molecule has 1 aromatic rings. The number of nitrogens with one attached hydrogen (secondary N) is 1. The van der Waals surface area contributed by atoms with E-state index < -0.39 is 0 Å². The topological polar surface area (TPSA) is 30.5 Å². The number of fused-ring (bicyclic) bond motifs is 1. The molecular weight excluding hydrogens is 208 g/mol. The summed E-state index contributed by atoms with van der Waals surface area (Å²) in [6.07, 6.45) is 0. The van der Waals surface area contributed by atoms with E-state index >= 15 is 0 Å². The second-order valence-corrected chi connectivity index (χ2v) is 3.71. The molecule has 2 rings (SSSR count). The van der Waals surface area contributed by atoms with Crippen LogP contribution < -0.4 is 10.8 Å². The Morgan fingerprint density at radius 2 is 2.44 bits per heavy atom. The fraction of sp³-hybridized carbons (Fsp3) is 0.455. The van der Waals surface area contributed by atoms with Crippen LogP contribution in [0.25, 0.3) is 0 Å². The van der Waals surface area contributed by atoms with Crippen LogP contribution >= 0.6 is 0 Å². The molecule has 1 aromatic carbocycles. The molecule has 1 aliphatic rings. The van der Waals surface area contributed by atoms with Gasteiger partial charge in [-0.1, -0.05) is 13.0 Å². The molecule has 0 aliphatic carbocycles. The van der Waals surface area contributed by atoms with Crippen LogP contribution in [-0.4, -0.2) is 26.8 Å². The maximum Gasteiger partial charge on any atom is 0.494 e. The molecule has 0 bridgehead atoms. The van der Waals surface area contributed by atoms with Crippen molar-refractivity contribution in [1.29, 1.82) is 0 Å². The average Bonchev–Trinajstić information content (AvgIpc) is 2.67. The third-order valence-corrected chi connectivity index (χ3v) is 2.55. The Kier molecular flexibility index (Phi) is 3.93. The molecular formula is C11H15BFNO2. The highest BCUT2D eigenvalue weighted by molar-refractivity contribution is 6.62. The Bertz CT molecular complexity index is 362. The molecule has 0 saturated heterocycles. The zero-order valence-corrected chi connectivity index (χ0v) is 9.33. The van der Waals surface area contributed by atoms with Gasteiger partial charge in [0, 0.05) is 13.2 Å². The molecule has 16 heavy (non-hydrogen) atoms. The zero-order chi connectivity index (χ0) is 11.4. The summed E-state index contributed by atoms with van der Waals surface area (Å²) in [5.41, 5.74) is 1.83. The van der Waals surface area contributed by atoms with Crippen LogP contribution in [-0.2, 0) is 15.9 Å². The summed E-state index contributed by atoms with van der Waals surface area (Å²) < 4.78 is 23.9. The van der Waals surface area contributed by atoms with Crippen molar-refractivity contribution >= 4 is 12.6 Å².